The molecule has 0 fully saturated rings. The number of pyridine rings is 1. The van der Waals surface area contributed by atoms with Gasteiger partial charge in [0.2, 0.25) is 0 Å². The highest BCUT2D eigenvalue weighted by atomic mass is 16.5. The summed E-state index contributed by atoms with van der Waals surface area (Å²) in [5, 5.41) is 0. The van der Waals surface area contributed by atoms with Crippen LogP contribution in [0.2, 0.25) is 0 Å². The van der Waals surface area contributed by atoms with Gasteiger partial charge in [0.05, 0.1) is 7.11 Å². The highest BCUT2D eigenvalue weighted by Crippen LogP contribution is 2.39. The average molecular weight is 307 g/mol. The molecular weight excluding hydrogens is 290 g/mol. The molecule has 0 unspecified atom stereocenters. The number of esters is 1. The van der Waals surface area contributed by atoms with Crippen LogP contribution in [0, 0.1) is 0 Å². The molecule has 0 saturated heterocycles. The molecule has 116 valence electrons. The van der Waals surface area contributed by atoms with E-state index in [-0.39, 0.29) is 0 Å². The fraction of sp³-hybridized carbons (Fsp3) is 0.158. The average Bonchev–Trinajstić information content (AvgIpc) is 2.61. The number of hydrogen-bond donors (Lipinski definition) is 0. The number of rotatable bonds is 3. The molecule has 1 aromatic carbocycles. The monoisotopic (exact) mass is 307 g/mol. The van der Waals surface area contributed by atoms with Gasteiger partial charge in [0.1, 0.15) is 17.1 Å². The maximum Gasteiger partial charge on any atom is 0.341 e. The van der Waals surface area contributed by atoms with Crippen LogP contribution in [0.15, 0.2) is 54.9 Å². The van der Waals surface area contributed by atoms with E-state index in [0.29, 0.717) is 17.1 Å². The van der Waals surface area contributed by atoms with E-state index in [1.807, 2.05) is 30.3 Å². The van der Waals surface area contributed by atoms with Crippen molar-refractivity contribution in [2.24, 2.45) is 0 Å². The number of carbonyl (C=O) groups is 1. The first kappa shape index (κ1) is 15.0. The number of fused-ring (bicyclic) bond motifs is 1. The van der Waals surface area contributed by atoms with Gasteiger partial charge in [-0.15, -0.1) is 0 Å². The number of para-hydroxylation sites is 1. The van der Waals surface area contributed by atoms with Crippen molar-refractivity contribution in [2.75, 3.05) is 7.11 Å². The zero-order chi connectivity index (χ0) is 16.2. The third-order valence-corrected chi connectivity index (χ3v) is 3.62. The summed E-state index contributed by atoms with van der Waals surface area (Å²) in [7, 11) is 1.37. The molecule has 0 N–H and O–H groups in total. The number of ether oxygens (including phenoxy) is 2. The van der Waals surface area contributed by atoms with Crippen LogP contribution in [-0.2, 0) is 4.74 Å². The molecule has 3 rings (SSSR count). The second kappa shape index (κ2) is 6.48. The number of nitrogens with zero attached hydrogens (tertiary/aromatic N) is 1. The lowest BCUT2D eigenvalue weighted by Crippen LogP contribution is -2.10. The Morgan fingerprint density at radius 1 is 1.26 bits per heavy atom. The van der Waals surface area contributed by atoms with Crippen LogP contribution in [0.25, 0.3) is 11.3 Å². The summed E-state index contributed by atoms with van der Waals surface area (Å²) in [6.07, 6.45) is 8.41. The molecule has 1 aromatic heterocycles. The molecule has 0 amide bonds. The molecule has 0 atom stereocenters. The predicted octanol–water partition coefficient (Wildman–Crippen LogP) is 4.10. The Morgan fingerprint density at radius 3 is 2.74 bits per heavy atom. The maximum atomic E-state index is 12.0. The SMILES string of the molecule is CC/C=C1/C=C(c2ccncc2)Oc2c(C(=O)OC)cccc21. The Kier molecular flexibility index (Phi) is 4.24. The minimum absolute atomic E-state index is 0.409. The minimum Gasteiger partial charge on any atom is -0.465 e. The van der Waals surface area contributed by atoms with E-state index in [9.17, 15) is 4.79 Å². The first-order chi connectivity index (χ1) is 11.2. The zero-order valence-electron chi connectivity index (χ0n) is 13.1. The number of benzene rings is 1. The van der Waals surface area contributed by atoms with E-state index < -0.39 is 5.97 Å². The van der Waals surface area contributed by atoms with Crippen molar-refractivity contribution in [1.82, 2.24) is 4.98 Å². The van der Waals surface area contributed by atoms with Crippen LogP contribution in [-0.4, -0.2) is 18.1 Å². The Hall–Kier alpha value is -2.88. The highest BCUT2D eigenvalue weighted by molar-refractivity contribution is 5.98. The zero-order valence-corrected chi connectivity index (χ0v) is 13.1. The van der Waals surface area contributed by atoms with Gasteiger partial charge >= 0.3 is 5.97 Å². The molecule has 2 heterocycles. The van der Waals surface area contributed by atoms with Crippen molar-refractivity contribution >= 4 is 17.3 Å². The Labute approximate surface area is 135 Å². The molecule has 1 aliphatic heterocycles. The summed E-state index contributed by atoms with van der Waals surface area (Å²) in [6, 6.07) is 9.25. The van der Waals surface area contributed by atoms with Gasteiger partial charge in [0.25, 0.3) is 0 Å². The van der Waals surface area contributed by atoms with Gasteiger partial charge in [-0.25, -0.2) is 4.79 Å². The van der Waals surface area contributed by atoms with Crippen molar-refractivity contribution < 1.29 is 14.3 Å². The van der Waals surface area contributed by atoms with Crippen LogP contribution < -0.4 is 4.74 Å². The first-order valence-electron chi connectivity index (χ1n) is 7.46. The molecule has 4 nitrogen and oxygen atoms in total. The van der Waals surface area contributed by atoms with Gasteiger partial charge in [0, 0.05) is 23.5 Å². The molecular formula is C19H17NO3. The van der Waals surface area contributed by atoms with Crippen LogP contribution >= 0.6 is 0 Å². The van der Waals surface area contributed by atoms with E-state index in [1.54, 1.807) is 18.5 Å². The van der Waals surface area contributed by atoms with E-state index >= 15 is 0 Å². The Bertz CT molecular complexity index is 792. The molecule has 23 heavy (non-hydrogen) atoms. The van der Waals surface area contributed by atoms with Crippen LogP contribution in [0.1, 0.15) is 34.8 Å². The van der Waals surface area contributed by atoms with Crippen molar-refractivity contribution in [3.05, 3.63) is 71.6 Å². The number of methoxy groups -OCH3 is 1. The smallest absolute Gasteiger partial charge is 0.341 e. The standard InChI is InChI=1S/C19H17NO3/c1-3-5-14-12-17(13-8-10-20-11-9-13)23-18-15(14)6-4-7-16(18)19(21)22-2/h4-12H,3H2,1-2H3/b14-5-. The second-order valence-electron chi connectivity index (χ2n) is 5.09. The van der Waals surface area contributed by atoms with Crippen molar-refractivity contribution in [3.63, 3.8) is 0 Å². The number of hydrogen-bond acceptors (Lipinski definition) is 4. The lowest BCUT2D eigenvalue weighted by Gasteiger charge is -2.22. The van der Waals surface area contributed by atoms with E-state index in [4.69, 9.17) is 9.47 Å². The van der Waals surface area contributed by atoms with Gasteiger partial charge in [0.15, 0.2) is 0 Å². The lowest BCUT2D eigenvalue weighted by molar-refractivity contribution is 0.0598. The highest BCUT2D eigenvalue weighted by Gasteiger charge is 2.24. The lowest BCUT2D eigenvalue weighted by atomic mass is 9.96. The van der Waals surface area contributed by atoms with Gasteiger partial charge in [-0.1, -0.05) is 25.1 Å². The van der Waals surface area contributed by atoms with Gasteiger partial charge in [-0.3, -0.25) is 4.98 Å². The summed E-state index contributed by atoms with van der Waals surface area (Å²) in [5.41, 5.74) is 3.26. The van der Waals surface area contributed by atoms with E-state index in [1.165, 1.54) is 7.11 Å². The van der Waals surface area contributed by atoms with Gasteiger partial charge in [-0.2, -0.15) is 0 Å². The summed E-state index contributed by atoms with van der Waals surface area (Å²) in [6.45, 7) is 2.08. The van der Waals surface area contributed by atoms with Crippen LogP contribution in [0.3, 0.4) is 0 Å². The van der Waals surface area contributed by atoms with Crippen molar-refractivity contribution in [3.8, 4) is 5.75 Å². The molecule has 2 aromatic rings. The third-order valence-electron chi connectivity index (χ3n) is 3.62. The number of aromatic nitrogens is 1. The fourth-order valence-electron chi connectivity index (χ4n) is 2.55. The summed E-state index contributed by atoms with van der Waals surface area (Å²) < 4.78 is 10.9. The summed E-state index contributed by atoms with van der Waals surface area (Å²) in [5.74, 6) is 0.818. The molecule has 4 heteroatoms. The van der Waals surface area contributed by atoms with E-state index in [2.05, 4.69) is 18.0 Å². The Balaban J connectivity index is 2.15. The largest absolute Gasteiger partial charge is 0.465 e. The summed E-state index contributed by atoms with van der Waals surface area (Å²) >= 11 is 0. The third kappa shape index (κ3) is 2.88. The van der Waals surface area contributed by atoms with Gasteiger partial charge in [-0.05, 0) is 36.3 Å². The number of carbonyl (C=O) groups excluding carboxylic acids is 1. The predicted molar refractivity (Wildman–Crippen MR) is 88.9 cm³/mol. The Morgan fingerprint density at radius 2 is 2.04 bits per heavy atom. The summed E-state index contributed by atoms with van der Waals surface area (Å²) in [4.78, 5) is 16.1. The van der Waals surface area contributed by atoms with Crippen LogP contribution in [0.4, 0.5) is 0 Å². The molecule has 0 spiro atoms. The van der Waals surface area contributed by atoms with Crippen LogP contribution in [0.5, 0.6) is 5.75 Å². The second-order valence-corrected chi connectivity index (χ2v) is 5.09. The maximum absolute atomic E-state index is 12.0. The number of allylic oxidation sites excluding steroid dienone is 3. The minimum atomic E-state index is -0.409. The quantitative estimate of drug-likeness (QED) is 0.801. The first-order valence-corrected chi connectivity index (χ1v) is 7.46. The van der Waals surface area contributed by atoms with Crippen molar-refractivity contribution in [2.45, 2.75) is 13.3 Å². The molecule has 0 bridgehead atoms. The molecule has 0 saturated carbocycles. The molecule has 0 radical (unpaired) electrons. The molecule has 0 aliphatic carbocycles. The van der Waals surface area contributed by atoms with Crippen molar-refractivity contribution in [1.29, 1.82) is 0 Å². The van der Waals surface area contributed by atoms with Gasteiger partial charge < -0.3 is 9.47 Å². The fourth-order valence-corrected chi connectivity index (χ4v) is 2.55. The molecule has 1 aliphatic rings. The van der Waals surface area contributed by atoms with E-state index in [0.717, 1.165) is 23.1 Å². The normalized spacial score (nSPS) is 14.7. The topological polar surface area (TPSA) is 48.4 Å².